The molecule has 5 nitrogen and oxygen atoms in total. The van der Waals surface area contributed by atoms with Crippen molar-refractivity contribution >= 4 is 11.6 Å². The summed E-state index contributed by atoms with van der Waals surface area (Å²) in [5.74, 6) is 0.624. The van der Waals surface area contributed by atoms with E-state index >= 15 is 0 Å². The molecule has 2 aromatic rings. The molecule has 0 saturated carbocycles. The number of fused-ring (bicyclic) bond motifs is 1. The maximum absolute atomic E-state index is 9.78. The number of nitrogens with one attached hydrogen (secondary N) is 1. The summed E-state index contributed by atoms with van der Waals surface area (Å²) in [7, 11) is 3.94. The largest absolute Gasteiger partial charge is 0.494 e. The van der Waals surface area contributed by atoms with Crippen LogP contribution in [0.1, 0.15) is 88.2 Å². The number of nitriles is 1. The highest BCUT2D eigenvalue weighted by molar-refractivity contribution is 5.85. The molecule has 1 heterocycles. The third-order valence-electron chi connectivity index (χ3n) is 6.83. The summed E-state index contributed by atoms with van der Waals surface area (Å²) in [5, 5.41) is 18.1. The summed E-state index contributed by atoms with van der Waals surface area (Å²) >= 11 is 0. The third kappa shape index (κ3) is 7.49. The molecular weight excluding hydrogens is 434 g/mol. The first-order valence-corrected chi connectivity index (χ1v) is 13.2. The van der Waals surface area contributed by atoms with Crippen LogP contribution < -0.4 is 14.4 Å². The molecule has 0 saturated heterocycles. The van der Waals surface area contributed by atoms with Crippen LogP contribution in [0.15, 0.2) is 42.5 Å². The molecule has 1 aliphatic heterocycles. The summed E-state index contributed by atoms with van der Waals surface area (Å²) in [6.45, 7) is 2.99. The predicted molar refractivity (Wildman–Crippen MR) is 144 cm³/mol. The van der Waals surface area contributed by atoms with Crippen molar-refractivity contribution in [2.24, 2.45) is 5.92 Å². The molecule has 35 heavy (non-hydrogen) atoms. The lowest BCUT2D eigenvalue weighted by atomic mass is 9.79. The number of unbranched alkanes of at least 4 members (excludes halogenated alkanes) is 9. The van der Waals surface area contributed by atoms with Gasteiger partial charge < -0.3 is 14.4 Å². The summed E-state index contributed by atoms with van der Waals surface area (Å²) in [6, 6.07) is 16.3. The van der Waals surface area contributed by atoms with Crippen LogP contribution in [0.3, 0.4) is 0 Å². The Bertz CT molecular complexity index is 978. The Morgan fingerprint density at radius 2 is 1.54 bits per heavy atom. The molecule has 188 valence electrons. The van der Waals surface area contributed by atoms with Gasteiger partial charge in [-0.15, -0.1) is 0 Å². The fraction of sp³-hybridized carbons (Fsp3) is 0.533. The smallest absolute Gasteiger partial charge is 0.205 e. The van der Waals surface area contributed by atoms with E-state index in [1.807, 2.05) is 61.5 Å². The van der Waals surface area contributed by atoms with Gasteiger partial charge in [-0.3, -0.25) is 5.41 Å². The zero-order chi connectivity index (χ0) is 25.0. The molecule has 2 unspecified atom stereocenters. The van der Waals surface area contributed by atoms with Crippen LogP contribution in [0.5, 0.6) is 11.5 Å². The molecule has 5 heteroatoms. The lowest BCUT2D eigenvalue weighted by Gasteiger charge is -2.31. The zero-order valence-electron chi connectivity index (χ0n) is 21.7. The lowest BCUT2D eigenvalue weighted by molar-refractivity contribution is 0.304. The second kappa shape index (κ2) is 13.8. The average Bonchev–Trinajstić information content (AvgIpc) is 2.86. The molecular formula is C30H41N3O2. The Hall–Kier alpha value is -3.00. The van der Waals surface area contributed by atoms with E-state index in [9.17, 15) is 5.26 Å². The van der Waals surface area contributed by atoms with E-state index in [1.165, 1.54) is 57.8 Å². The first-order valence-electron chi connectivity index (χ1n) is 13.2. The Labute approximate surface area is 211 Å². The topological polar surface area (TPSA) is 69.3 Å². The number of nitrogens with zero attached hydrogens (tertiary/aromatic N) is 2. The minimum Gasteiger partial charge on any atom is -0.494 e. The summed E-state index contributed by atoms with van der Waals surface area (Å²) < 4.78 is 11.7. The van der Waals surface area contributed by atoms with Crippen molar-refractivity contribution in [1.29, 1.82) is 10.7 Å². The van der Waals surface area contributed by atoms with E-state index in [0.29, 0.717) is 5.75 Å². The van der Waals surface area contributed by atoms with E-state index in [4.69, 9.17) is 14.9 Å². The Morgan fingerprint density at radius 1 is 0.914 bits per heavy atom. The van der Waals surface area contributed by atoms with Crippen molar-refractivity contribution in [3.05, 3.63) is 53.6 Å². The summed E-state index contributed by atoms with van der Waals surface area (Å²) in [4.78, 5) is 2.00. The zero-order valence-corrected chi connectivity index (χ0v) is 21.7. The maximum atomic E-state index is 9.78. The van der Waals surface area contributed by atoms with Gasteiger partial charge in [0.2, 0.25) is 5.90 Å². The van der Waals surface area contributed by atoms with Crippen LogP contribution in [0.4, 0.5) is 5.69 Å². The van der Waals surface area contributed by atoms with Crippen molar-refractivity contribution in [3.63, 3.8) is 0 Å². The number of benzene rings is 2. The van der Waals surface area contributed by atoms with Gasteiger partial charge in [0.15, 0.2) is 0 Å². The molecule has 0 amide bonds. The van der Waals surface area contributed by atoms with Crippen LogP contribution >= 0.6 is 0 Å². The Kier molecular flexibility index (Phi) is 10.5. The lowest BCUT2D eigenvalue weighted by Crippen LogP contribution is -2.31. The van der Waals surface area contributed by atoms with Gasteiger partial charge in [-0.25, -0.2) is 0 Å². The number of ether oxygens (including phenoxy) is 2. The number of hydrogen-bond donors (Lipinski definition) is 1. The predicted octanol–water partition coefficient (Wildman–Crippen LogP) is 7.69. The molecule has 0 fully saturated rings. The van der Waals surface area contributed by atoms with Gasteiger partial charge in [0.1, 0.15) is 17.4 Å². The fourth-order valence-corrected chi connectivity index (χ4v) is 4.72. The molecule has 1 aliphatic rings. The van der Waals surface area contributed by atoms with Crippen molar-refractivity contribution in [2.45, 2.75) is 77.0 Å². The normalized spacial score (nSPS) is 16.8. The van der Waals surface area contributed by atoms with Gasteiger partial charge in [-0.1, -0.05) is 82.9 Å². The Balaban J connectivity index is 1.51. The van der Waals surface area contributed by atoms with Crippen molar-refractivity contribution in [1.82, 2.24) is 0 Å². The van der Waals surface area contributed by atoms with Gasteiger partial charge in [0.25, 0.3) is 0 Å². The molecule has 0 aliphatic carbocycles. The maximum Gasteiger partial charge on any atom is 0.205 e. The van der Waals surface area contributed by atoms with Gasteiger partial charge in [-0.05, 0) is 30.2 Å². The summed E-state index contributed by atoms with van der Waals surface area (Å²) in [6.07, 6.45) is 13.1. The van der Waals surface area contributed by atoms with Gasteiger partial charge >= 0.3 is 0 Å². The highest BCUT2D eigenvalue weighted by Crippen LogP contribution is 2.43. The van der Waals surface area contributed by atoms with E-state index in [0.717, 1.165) is 35.6 Å². The molecule has 2 atom stereocenters. The quantitative estimate of drug-likeness (QED) is 0.284. The first-order chi connectivity index (χ1) is 17.0. The minimum atomic E-state index is -0.647. The minimum absolute atomic E-state index is 0.00203. The van der Waals surface area contributed by atoms with Crippen LogP contribution in [0.2, 0.25) is 0 Å². The summed E-state index contributed by atoms with van der Waals surface area (Å²) in [5.41, 5.74) is 2.94. The first kappa shape index (κ1) is 26.6. The van der Waals surface area contributed by atoms with E-state index in [-0.39, 0.29) is 11.8 Å². The van der Waals surface area contributed by atoms with Crippen LogP contribution in [0.25, 0.3) is 0 Å². The molecule has 0 aromatic heterocycles. The Morgan fingerprint density at radius 3 is 2.14 bits per heavy atom. The number of hydrogen-bond acceptors (Lipinski definition) is 5. The van der Waals surface area contributed by atoms with Crippen molar-refractivity contribution in [3.8, 4) is 17.6 Å². The standard InChI is InChI=1S/C30H41N3O2/c1-4-5-6-7-8-9-10-11-12-13-20-34-25-17-14-23(15-18-25)29-26-19-16-24(33(2)3)21-28(26)35-30(32)27(29)22-31/h14-19,21,27,29,32H,4-13,20H2,1-3H3. The molecule has 0 radical (unpaired) electrons. The van der Waals surface area contributed by atoms with Gasteiger partial charge in [0, 0.05) is 37.3 Å². The average molecular weight is 476 g/mol. The highest BCUT2D eigenvalue weighted by Gasteiger charge is 2.37. The van der Waals surface area contributed by atoms with Crippen molar-refractivity contribution in [2.75, 3.05) is 25.6 Å². The molecule has 3 rings (SSSR count). The highest BCUT2D eigenvalue weighted by atomic mass is 16.5. The van der Waals surface area contributed by atoms with E-state index < -0.39 is 5.92 Å². The van der Waals surface area contributed by atoms with Gasteiger partial charge in [0.05, 0.1) is 12.7 Å². The monoisotopic (exact) mass is 475 g/mol. The van der Waals surface area contributed by atoms with Gasteiger partial charge in [-0.2, -0.15) is 5.26 Å². The van der Waals surface area contributed by atoms with Crippen LogP contribution in [-0.2, 0) is 0 Å². The van der Waals surface area contributed by atoms with Crippen LogP contribution in [-0.4, -0.2) is 26.6 Å². The van der Waals surface area contributed by atoms with Crippen molar-refractivity contribution < 1.29 is 9.47 Å². The van der Waals surface area contributed by atoms with E-state index in [1.54, 1.807) is 0 Å². The molecule has 2 aromatic carbocycles. The third-order valence-corrected chi connectivity index (χ3v) is 6.83. The molecule has 1 N–H and O–H groups in total. The SMILES string of the molecule is CCCCCCCCCCCCOc1ccc(C2c3ccc(N(C)C)cc3OC(=N)C2C#N)cc1. The number of anilines is 1. The second-order valence-electron chi connectivity index (χ2n) is 9.77. The molecule has 0 spiro atoms. The second-order valence-corrected chi connectivity index (χ2v) is 9.77. The van der Waals surface area contributed by atoms with E-state index in [2.05, 4.69) is 13.0 Å². The van der Waals surface area contributed by atoms with Crippen LogP contribution in [0, 0.1) is 22.7 Å². The molecule has 0 bridgehead atoms. The fourth-order valence-electron chi connectivity index (χ4n) is 4.72. The number of rotatable bonds is 14.